The molecule has 0 aromatic carbocycles. The van der Waals surface area contributed by atoms with Crippen LogP contribution >= 0.6 is 0 Å². The molecule has 0 radical (unpaired) electrons. The van der Waals surface area contributed by atoms with E-state index in [1.807, 2.05) is 19.0 Å². The number of nitrogens with zero attached hydrogens (tertiary/aromatic N) is 2. The Bertz CT molecular complexity index is 1190. The van der Waals surface area contributed by atoms with Gasteiger partial charge in [0.15, 0.2) is 12.6 Å². The normalized spacial score (nSPS) is 12.1. The summed E-state index contributed by atoms with van der Waals surface area (Å²) >= 11 is 0. The molecule has 0 heterocycles. The molecule has 0 saturated carbocycles. The van der Waals surface area contributed by atoms with Gasteiger partial charge in [-0.15, -0.1) is 0 Å². The highest BCUT2D eigenvalue weighted by molar-refractivity contribution is 5.74. The van der Waals surface area contributed by atoms with Crippen LogP contribution in [0.25, 0.3) is 0 Å². The van der Waals surface area contributed by atoms with Gasteiger partial charge in [-0.2, -0.15) is 0 Å². The summed E-state index contributed by atoms with van der Waals surface area (Å²) in [6, 6.07) is 0.0167. The minimum absolute atomic E-state index is 0.0167. The van der Waals surface area contributed by atoms with Gasteiger partial charge in [0.25, 0.3) is 0 Å². The molecule has 12 heteroatoms. The average Bonchev–Trinajstić information content (AvgIpc) is 3.37. The summed E-state index contributed by atoms with van der Waals surface area (Å²) in [5.41, 5.74) is 0. The highest BCUT2D eigenvalue weighted by atomic mass is 16.7. The van der Waals surface area contributed by atoms with Gasteiger partial charge in [-0.25, -0.2) is 4.79 Å². The number of esters is 2. The third-order valence-corrected chi connectivity index (χ3v) is 12.1. The third kappa shape index (κ3) is 50.5. The lowest BCUT2D eigenvalue weighted by atomic mass is 10.1. The van der Waals surface area contributed by atoms with Crippen molar-refractivity contribution in [3.05, 3.63) is 48.6 Å². The molecule has 420 valence electrons. The van der Waals surface area contributed by atoms with E-state index in [1.54, 1.807) is 0 Å². The van der Waals surface area contributed by atoms with Gasteiger partial charge in [0.05, 0.1) is 26.1 Å². The van der Waals surface area contributed by atoms with Crippen molar-refractivity contribution in [3.63, 3.8) is 0 Å². The fourth-order valence-corrected chi connectivity index (χ4v) is 7.76. The molecular weight excluding hydrogens is 907 g/mol. The first kappa shape index (κ1) is 69.0. The van der Waals surface area contributed by atoms with E-state index in [1.165, 1.54) is 0 Å². The largest absolute Gasteiger partial charge is 0.466 e. The number of ether oxygens (including phenoxy) is 6. The molecule has 0 aliphatic heterocycles. The standard InChI is InChI=1S/C60H111N3O9/c1-7-11-15-19-27-37-52-69-58(70-53-38-28-20-16-12-8-2)44-42-56(64)67-50-35-31-23-25-33-48-63(60(66)61-46-41-47-62(5)6)49-34-26-24-32-36-51-68-57(65)43-45-59(71-54-39-29-21-17-13-9-3)72-55-40-30-22-18-14-10-4/h11-18,58-59H,7-10,19-55H2,1-6H3,(H,61,66)/b15-11-,16-12-,17-13-,18-14-. The van der Waals surface area contributed by atoms with Gasteiger partial charge >= 0.3 is 18.0 Å². The first-order valence-corrected chi connectivity index (χ1v) is 29.3. The second kappa shape index (κ2) is 55.7. The van der Waals surface area contributed by atoms with Crippen LogP contribution in [0.5, 0.6) is 0 Å². The van der Waals surface area contributed by atoms with Crippen molar-refractivity contribution in [3.8, 4) is 0 Å². The van der Waals surface area contributed by atoms with Gasteiger partial charge in [0.1, 0.15) is 0 Å². The van der Waals surface area contributed by atoms with Crippen molar-refractivity contribution in [1.29, 1.82) is 0 Å². The summed E-state index contributed by atoms with van der Waals surface area (Å²) in [4.78, 5) is 42.6. The average molecular weight is 1020 g/mol. The van der Waals surface area contributed by atoms with Crippen molar-refractivity contribution in [1.82, 2.24) is 15.1 Å². The van der Waals surface area contributed by atoms with Crippen LogP contribution in [0.1, 0.15) is 227 Å². The van der Waals surface area contributed by atoms with Crippen molar-refractivity contribution < 1.29 is 42.8 Å². The first-order chi connectivity index (χ1) is 35.3. The minimum Gasteiger partial charge on any atom is -0.466 e. The van der Waals surface area contributed by atoms with E-state index in [9.17, 15) is 14.4 Å². The summed E-state index contributed by atoms with van der Waals surface area (Å²) in [6.07, 6.45) is 45.8. The summed E-state index contributed by atoms with van der Waals surface area (Å²) in [5.74, 6) is -0.392. The third-order valence-electron chi connectivity index (χ3n) is 12.1. The number of allylic oxidation sites excluding steroid dienone is 8. The van der Waals surface area contributed by atoms with E-state index in [0.717, 1.165) is 193 Å². The zero-order chi connectivity index (χ0) is 52.6. The molecule has 0 rings (SSSR count). The first-order valence-electron chi connectivity index (χ1n) is 29.3. The molecule has 2 amide bonds. The summed E-state index contributed by atoms with van der Waals surface area (Å²) < 4.78 is 35.4. The quantitative estimate of drug-likeness (QED) is 0.0272. The van der Waals surface area contributed by atoms with Gasteiger partial charge in [0.2, 0.25) is 0 Å². The monoisotopic (exact) mass is 1020 g/mol. The highest BCUT2D eigenvalue weighted by Crippen LogP contribution is 2.14. The fraction of sp³-hybridized carbons (Fsp3) is 0.817. The van der Waals surface area contributed by atoms with E-state index in [4.69, 9.17) is 28.4 Å². The van der Waals surface area contributed by atoms with Crippen molar-refractivity contribution in [2.24, 2.45) is 0 Å². The fourth-order valence-electron chi connectivity index (χ4n) is 7.76. The number of carbonyl (C=O) groups excluding carboxylic acids is 3. The molecule has 0 spiro atoms. The second-order valence-corrected chi connectivity index (χ2v) is 19.3. The molecular formula is C60H111N3O9. The molecule has 0 fully saturated rings. The maximum atomic E-state index is 13.2. The highest BCUT2D eigenvalue weighted by Gasteiger charge is 2.16. The zero-order valence-electron chi connectivity index (χ0n) is 47.3. The smallest absolute Gasteiger partial charge is 0.317 e. The Labute approximate surface area is 442 Å². The lowest BCUT2D eigenvalue weighted by Crippen LogP contribution is -2.41. The van der Waals surface area contributed by atoms with Crippen LogP contribution in [0.2, 0.25) is 0 Å². The Morgan fingerprint density at radius 3 is 1.08 bits per heavy atom. The molecule has 0 aromatic rings. The number of urea groups is 1. The number of nitrogens with one attached hydrogen (secondary N) is 1. The molecule has 0 aromatic heterocycles. The Kier molecular flexibility index (Phi) is 53.4. The SMILES string of the molecule is CC/C=C\CCCCOC(CCC(=O)OCCCCCCCN(CCCCCCCOC(=O)CCC(OCCCC/C=C\CC)OCCCC/C=C\CC)C(=O)NCCCN(C)C)OCCCC/C=C\CC. The Hall–Kier alpha value is -3.03. The summed E-state index contributed by atoms with van der Waals surface area (Å²) in [7, 11) is 4.09. The van der Waals surface area contributed by atoms with Crippen LogP contribution < -0.4 is 5.32 Å². The lowest BCUT2D eigenvalue weighted by Gasteiger charge is -2.23. The number of hydrogen-bond donors (Lipinski definition) is 1. The van der Waals surface area contributed by atoms with Crippen LogP contribution in [0.15, 0.2) is 48.6 Å². The topological polar surface area (TPSA) is 125 Å². The van der Waals surface area contributed by atoms with E-state index in [0.29, 0.717) is 59.0 Å². The predicted octanol–water partition coefficient (Wildman–Crippen LogP) is 14.8. The van der Waals surface area contributed by atoms with Crippen molar-refractivity contribution in [2.45, 2.75) is 239 Å². The molecule has 72 heavy (non-hydrogen) atoms. The Balaban J connectivity index is 4.58. The Morgan fingerprint density at radius 2 is 0.736 bits per heavy atom. The van der Waals surface area contributed by atoms with Crippen LogP contribution in [0, 0.1) is 0 Å². The molecule has 0 aliphatic rings. The maximum Gasteiger partial charge on any atom is 0.317 e. The molecule has 12 nitrogen and oxygen atoms in total. The molecule has 0 saturated heterocycles. The second-order valence-electron chi connectivity index (χ2n) is 19.3. The van der Waals surface area contributed by atoms with Crippen LogP contribution in [-0.4, -0.2) is 120 Å². The zero-order valence-corrected chi connectivity index (χ0v) is 47.3. The van der Waals surface area contributed by atoms with Gasteiger partial charge in [-0.05, 0) is 155 Å². The van der Waals surface area contributed by atoms with Gasteiger partial charge in [-0.1, -0.05) is 115 Å². The summed E-state index contributed by atoms with van der Waals surface area (Å²) in [6.45, 7) is 15.0. The lowest BCUT2D eigenvalue weighted by molar-refractivity contribution is -0.159. The molecule has 0 aliphatic carbocycles. The van der Waals surface area contributed by atoms with E-state index < -0.39 is 0 Å². The Morgan fingerprint density at radius 1 is 0.403 bits per heavy atom. The molecule has 0 bridgehead atoms. The van der Waals surface area contributed by atoms with Crippen LogP contribution in [0.3, 0.4) is 0 Å². The van der Waals surface area contributed by atoms with Crippen molar-refractivity contribution in [2.75, 3.05) is 79.9 Å². The number of carbonyl (C=O) groups is 3. The minimum atomic E-state index is -0.383. The maximum absolute atomic E-state index is 13.2. The van der Waals surface area contributed by atoms with E-state index in [-0.39, 0.29) is 43.4 Å². The number of rotatable bonds is 54. The molecule has 0 atom stereocenters. The molecule has 0 unspecified atom stereocenters. The van der Waals surface area contributed by atoms with Crippen molar-refractivity contribution >= 4 is 18.0 Å². The van der Waals surface area contributed by atoms with Gasteiger partial charge < -0.3 is 43.5 Å². The van der Waals surface area contributed by atoms with E-state index >= 15 is 0 Å². The molecule has 1 N–H and O–H groups in total. The number of unbranched alkanes of at least 4 members (excludes halogenated alkanes) is 16. The number of hydrogen-bond acceptors (Lipinski definition) is 10. The predicted molar refractivity (Wildman–Crippen MR) is 299 cm³/mol. The van der Waals surface area contributed by atoms with Gasteiger partial charge in [0, 0.05) is 58.9 Å². The number of amides is 2. The van der Waals surface area contributed by atoms with E-state index in [2.05, 4.69) is 86.5 Å². The van der Waals surface area contributed by atoms with Crippen LogP contribution in [-0.2, 0) is 38.0 Å². The van der Waals surface area contributed by atoms with Crippen LogP contribution in [0.4, 0.5) is 4.79 Å². The summed E-state index contributed by atoms with van der Waals surface area (Å²) in [5, 5.41) is 3.14. The van der Waals surface area contributed by atoms with Gasteiger partial charge in [-0.3, -0.25) is 9.59 Å².